The number of nitrogens with zero attached hydrogens (tertiary/aromatic N) is 1. The Hall–Kier alpha value is -2.05. The van der Waals surface area contributed by atoms with Crippen molar-refractivity contribution in [1.29, 1.82) is 0 Å². The summed E-state index contributed by atoms with van der Waals surface area (Å²) in [4.78, 5) is 14.0. The molecule has 21 heavy (non-hydrogen) atoms. The van der Waals surface area contributed by atoms with Gasteiger partial charge in [-0.1, -0.05) is 0 Å². The van der Waals surface area contributed by atoms with Crippen molar-refractivity contribution in [3.05, 3.63) is 29.8 Å². The van der Waals surface area contributed by atoms with Gasteiger partial charge in [0, 0.05) is 43.5 Å². The summed E-state index contributed by atoms with van der Waals surface area (Å²) in [6.07, 6.45) is 3.02. The number of rotatable bonds is 5. The lowest BCUT2D eigenvalue weighted by Gasteiger charge is -2.26. The minimum absolute atomic E-state index is 0.122. The summed E-state index contributed by atoms with van der Waals surface area (Å²) in [7, 11) is 0. The van der Waals surface area contributed by atoms with Crippen molar-refractivity contribution in [1.82, 2.24) is 10.2 Å². The van der Waals surface area contributed by atoms with Gasteiger partial charge in [0.05, 0.1) is 13.2 Å². The van der Waals surface area contributed by atoms with Crippen LogP contribution in [0.15, 0.2) is 24.3 Å². The number of amides is 1. The van der Waals surface area contributed by atoms with Crippen LogP contribution in [0, 0.1) is 0 Å². The van der Waals surface area contributed by atoms with Crippen molar-refractivity contribution in [2.45, 2.75) is 0 Å². The number of aromatic hydroxyl groups is 1. The standard InChI is InChI=1S/C15H21N3O3/c16-14-3-2-13(19)11-12(14)1-4-15(20)17-5-6-18-7-9-21-10-8-18/h1-4,11,19H,5-10,16H2,(H,17,20). The maximum absolute atomic E-state index is 11.7. The van der Waals surface area contributed by atoms with Gasteiger partial charge >= 0.3 is 0 Å². The number of nitrogen functional groups attached to an aromatic ring is 1. The number of nitrogens with one attached hydrogen (secondary N) is 1. The Balaban J connectivity index is 1.75. The molecule has 1 aromatic carbocycles. The van der Waals surface area contributed by atoms with Gasteiger partial charge in [-0.2, -0.15) is 0 Å². The zero-order valence-corrected chi connectivity index (χ0v) is 11.9. The molecule has 0 saturated carbocycles. The molecule has 0 atom stereocenters. The number of benzene rings is 1. The van der Waals surface area contributed by atoms with Crippen LogP contribution in [-0.4, -0.2) is 55.3 Å². The normalized spacial score (nSPS) is 16.2. The highest BCUT2D eigenvalue weighted by atomic mass is 16.5. The fourth-order valence-corrected chi connectivity index (χ4v) is 2.09. The number of carbonyl (C=O) groups is 1. The molecule has 1 aliphatic rings. The summed E-state index contributed by atoms with van der Waals surface area (Å²) in [6.45, 7) is 4.74. The van der Waals surface area contributed by atoms with Crippen LogP contribution in [-0.2, 0) is 9.53 Å². The number of phenols is 1. The predicted molar refractivity (Wildman–Crippen MR) is 81.8 cm³/mol. The Morgan fingerprint density at radius 3 is 2.95 bits per heavy atom. The van der Waals surface area contributed by atoms with Gasteiger partial charge in [0.2, 0.25) is 5.91 Å². The molecule has 114 valence electrons. The first-order chi connectivity index (χ1) is 10.1. The Kier molecular flexibility index (Phi) is 5.59. The number of morpholine rings is 1. The molecule has 0 spiro atoms. The van der Waals surface area contributed by atoms with E-state index in [9.17, 15) is 9.90 Å². The fourth-order valence-electron chi connectivity index (χ4n) is 2.09. The molecule has 1 saturated heterocycles. The fraction of sp³-hybridized carbons (Fsp3) is 0.400. The Bertz CT molecular complexity index is 511. The summed E-state index contributed by atoms with van der Waals surface area (Å²) < 4.78 is 5.26. The van der Waals surface area contributed by atoms with Crippen LogP contribution in [0.1, 0.15) is 5.56 Å². The van der Waals surface area contributed by atoms with Gasteiger partial charge in [0.1, 0.15) is 5.75 Å². The number of ether oxygens (including phenoxy) is 1. The molecule has 6 heteroatoms. The Labute approximate surface area is 124 Å². The minimum atomic E-state index is -0.175. The highest BCUT2D eigenvalue weighted by Gasteiger charge is 2.09. The average Bonchev–Trinajstić information content (AvgIpc) is 2.49. The van der Waals surface area contributed by atoms with Crippen LogP contribution in [0.4, 0.5) is 5.69 Å². The van der Waals surface area contributed by atoms with Gasteiger partial charge in [0.15, 0.2) is 0 Å². The highest BCUT2D eigenvalue weighted by molar-refractivity contribution is 5.92. The monoisotopic (exact) mass is 291 g/mol. The first-order valence-corrected chi connectivity index (χ1v) is 6.99. The summed E-state index contributed by atoms with van der Waals surface area (Å²) in [5.74, 6) is -0.0532. The minimum Gasteiger partial charge on any atom is -0.508 e. The lowest BCUT2D eigenvalue weighted by atomic mass is 10.1. The molecule has 0 aromatic heterocycles. The molecule has 1 fully saturated rings. The first kappa shape index (κ1) is 15.3. The SMILES string of the molecule is Nc1ccc(O)cc1C=CC(=O)NCCN1CCOCC1. The second-order valence-electron chi connectivity index (χ2n) is 4.89. The van der Waals surface area contributed by atoms with E-state index < -0.39 is 0 Å². The van der Waals surface area contributed by atoms with Crippen LogP contribution < -0.4 is 11.1 Å². The molecule has 1 aromatic rings. The van der Waals surface area contributed by atoms with Crippen molar-refractivity contribution < 1.29 is 14.6 Å². The van der Waals surface area contributed by atoms with Gasteiger partial charge in [-0.05, 0) is 24.3 Å². The number of nitrogens with two attached hydrogens (primary N) is 1. The zero-order valence-electron chi connectivity index (χ0n) is 11.9. The number of hydrogen-bond acceptors (Lipinski definition) is 5. The molecule has 0 bridgehead atoms. The predicted octanol–water partition coefficient (Wildman–Crippen LogP) is 0.436. The second kappa shape index (κ2) is 7.66. The molecular weight excluding hydrogens is 270 g/mol. The van der Waals surface area contributed by atoms with Gasteiger partial charge in [-0.3, -0.25) is 9.69 Å². The first-order valence-electron chi connectivity index (χ1n) is 6.99. The average molecular weight is 291 g/mol. The third kappa shape index (κ3) is 5.09. The van der Waals surface area contributed by atoms with Gasteiger partial charge in [-0.15, -0.1) is 0 Å². The topological polar surface area (TPSA) is 87.8 Å². The lowest BCUT2D eigenvalue weighted by molar-refractivity contribution is -0.116. The molecule has 0 unspecified atom stereocenters. The van der Waals surface area contributed by atoms with Crippen molar-refractivity contribution in [2.75, 3.05) is 45.1 Å². The van der Waals surface area contributed by atoms with E-state index >= 15 is 0 Å². The third-order valence-electron chi connectivity index (χ3n) is 3.32. The third-order valence-corrected chi connectivity index (χ3v) is 3.32. The van der Waals surface area contributed by atoms with E-state index in [1.807, 2.05) is 0 Å². The largest absolute Gasteiger partial charge is 0.508 e. The van der Waals surface area contributed by atoms with Crippen molar-refractivity contribution in [3.63, 3.8) is 0 Å². The van der Waals surface area contributed by atoms with Crippen molar-refractivity contribution in [3.8, 4) is 5.75 Å². The molecule has 1 amide bonds. The zero-order chi connectivity index (χ0) is 15.1. The van der Waals surface area contributed by atoms with E-state index in [1.54, 1.807) is 12.1 Å². The highest BCUT2D eigenvalue weighted by Crippen LogP contribution is 2.19. The second-order valence-corrected chi connectivity index (χ2v) is 4.89. The van der Waals surface area contributed by atoms with E-state index in [1.165, 1.54) is 18.2 Å². The van der Waals surface area contributed by atoms with Crippen molar-refractivity contribution in [2.24, 2.45) is 0 Å². The summed E-state index contributed by atoms with van der Waals surface area (Å²) in [5, 5.41) is 12.2. The molecule has 2 rings (SSSR count). The lowest BCUT2D eigenvalue weighted by Crippen LogP contribution is -2.41. The van der Waals surface area contributed by atoms with Crippen LogP contribution in [0.2, 0.25) is 0 Å². The van der Waals surface area contributed by atoms with Crippen LogP contribution in [0.5, 0.6) is 5.75 Å². The Morgan fingerprint density at radius 1 is 1.43 bits per heavy atom. The van der Waals surface area contributed by atoms with E-state index in [4.69, 9.17) is 10.5 Å². The number of anilines is 1. The van der Waals surface area contributed by atoms with E-state index in [0.717, 1.165) is 32.8 Å². The van der Waals surface area contributed by atoms with E-state index in [2.05, 4.69) is 10.2 Å². The smallest absolute Gasteiger partial charge is 0.244 e. The molecule has 1 aliphatic heterocycles. The van der Waals surface area contributed by atoms with Crippen LogP contribution >= 0.6 is 0 Å². The maximum Gasteiger partial charge on any atom is 0.244 e. The number of phenolic OH excluding ortho intramolecular Hbond substituents is 1. The number of hydrogen-bond donors (Lipinski definition) is 3. The van der Waals surface area contributed by atoms with E-state index in [0.29, 0.717) is 17.8 Å². The van der Waals surface area contributed by atoms with E-state index in [-0.39, 0.29) is 11.7 Å². The summed E-state index contributed by atoms with van der Waals surface area (Å²) in [5.41, 5.74) is 6.90. The van der Waals surface area contributed by atoms with Crippen LogP contribution in [0.25, 0.3) is 6.08 Å². The summed E-state index contributed by atoms with van der Waals surface area (Å²) in [6, 6.07) is 4.63. The molecular formula is C15H21N3O3. The Morgan fingerprint density at radius 2 is 2.19 bits per heavy atom. The molecule has 0 radical (unpaired) electrons. The maximum atomic E-state index is 11.7. The van der Waals surface area contributed by atoms with Gasteiger partial charge in [-0.25, -0.2) is 0 Å². The quantitative estimate of drug-likeness (QED) is 0.416. The number of carbonyl (C=O) groups excluding carboxylic acids is 1. The molecule has 6 nitrogen and oxygen atoms in total. The van der Waals surface area contributed by atoms with Crippen LogP contribution in [0.3, 0.4) is 0 Å². The molecule has 4 N–H and O–H groups in total. The van der Waals surface area contributed by atoms with Gasteiger partial charge in [0.25, 0.3) is 0 Å². The van der Waals surface area contributed by atoms with Crippen molar-refractivity contribution >= 4 is 17.7 Å². The summed E-state index contributed by atoms with van der Waals surface area (Å²) >= 11 is 0. The molecule has 1 heterocycles. The molecule has 0 aliphatic carbocycles. The van der Waals surface area contributed by atoms with Gasteiger partial charge < -0.3 is 20.9 Å².